The van der Waals surface area contributed by atoms with E-state index in [2.05, 4.69) is 17.4 Å². The van der Waals surface area contributed by atoms with Crippen molar-refractivity contribution in [2.45, 2.75) is 25.7 Å². The first kappa shape index (κ1) is 20.7. The summed E-state index contributed by atoms with van der Waals surface area (Å²) in [6.07, 6.45) is 2.84. The van der Waals surface area contributed by atoms with Gasteiger partial charge in [0.25, 0.3) is 5.91 Å². The van der Waals surface area contributed by atoms with Crippen molar-refractivity contribution in [3.8, 4) is 5.75 Å². The highest BCUT2D eigenvalue weighted by Crippen LogP contribution is 2.34. The van der Waals surface area contributed by atoms with Crippen LogP contribution in [0.5, 0.6) is 5.75 Å². The number of aryl methyl sites for hydroxylation is 2. The molecule has 0 aromatic heterocycles. The van der Waals surface area contributed by atoms with Crippen molar-refractivity contribution in [2.75, 3.05) is 23.4 Å². The zero-order valence-electron chi connectivity index (χ0n) is 17.4. The number of anilines is 2. The number of rotatable bonds is 8. The Morgan fingerprint density at radius 3 is 2.29 bits per heavy atom. The third kappa shape index (κ3) is 5.51. The largest absolute Gasteiger partial charge is 0.482 e. The summed E-state index contributed by atoms with van der Waals surface area (Å²) < 4.78 is 5.59. The van der Waals surface area contributed by atoms with E-state index in [0.29, 0.717) is 36.5 Å². The topological polar surface area (TPSA) is 58.6 Å². The van der Waals surface area contributed by atoms with Crippen molar-refractivity contribution in [2.24, 2.45) is 0 Å². The Balaban J connectivity index is 1.39. The van der Waals surface area contributed by atoms with Crippen molar-refractivity contribution >= 4 is 23.2 Å². The number of hydrogen-bond donors (Lipinski definition) is 1. The van der Waals surface area contributed by atoms with Crippen LogP contribution in [0.1, 0.15) is 24.0 Å². The van der Waals surface area contributed by atoms with Gasteiger partial charge in [-0.3, -0.25) is 9.59 Å². The van der Waals surface area contributed by atoms with Gasteiger partial charge in [-0.25, -0.2) is 0 Å². The molecule has 2 amide bonds. The number of hydrogen-bond acceptors (Lipinski definition) is 3. The number of benzene rings is 3. The Morgan fingerprint density at radius 2 is 1.58 bits per heavy atom. The average molecular weight is 415 g/mol. The summed E-state index contributed by atoms with van der Waals surface area (Å²) in [5, 5.41) is 2.95. The SMILES string of the molecule is O=C(CCc1ccccc1)Nc1ccc2c(c1)N(CCCc1ccccc1)C(=O)CO2. The molecular weight excluding hydrogens is 388 g/mol. The van der Waals surface area contributed by atoms with Crippen LogP contribution in [0.2, 0.25) is 0 Å². The number of ether oxygens (including phenoxy) is 1. The molecule has 0 fully saturated rings. The number of fused-ring (bicyclic) bond motifs is 1. The molecule has 0 atom stereocenters. The summed E-state index contributed by atoms with van der Waals surface area (Å²) in [6, 6.07) is 25.6. The van der Waals surface area contributed by atoms with E-state index in [1.54, 1.807) is 4.90 Å². The summed E-state index contributed by atoms with van der Waals surface area (Å²) in [6.45, 7) is 0.649. The maximum atomic E-state index is 12.5. The molecule has 0 radical (unpaired) electrons. The van der Waals surface area contributed by atoms with Crippen LogP contribution in [-0.2, 0) is 22.4 Å². The fraction of sp³-hybridized carbons (Fsp3) is 0.231. The van der Waals surface area contributed by atoms with Crippen molar-refractivity contribution in [1.29, 1.82) is 0 Å². The van der Waals surface area contributed by atoms with E-state index < -0.39 is 0 Å². The van der Waals surface area contributed by atoms with Gasteiger partial charge < -0.3 is 15.0 Å². The van der Waals surface area contributed by atoms with E-state index >= 15 is 0 Å². The predicted octanol–water partition coefficient (Wildman–Crippen LogP) is 4.62. The van der Waals surface area contributed by atoms with Gasteiger partial charge in [-0.1, -0.05) is 60.7 Å². The van der Waals surface area contributed by atoms with Crippen LogP contribution in [-0.4, -0.2) is 25.0 Å². The molecule has 1 heterocycles. The number of nitrogens with one attached hydrogen (secondary N) is 1. The third-order valence-electron chi connectivity index (χ3n) is 5.36. The molecular formula is C26H26N2O3. The molecule has 0 unspecified atom stereocenters. The summed E-state index contributed by atoms with van der Waals surface area (Å²) in [5.41, 5.74) is 3.77. The van der Waals surface area contributed by atoms with Crippen LogP contribution < -0.4 is 15.0 Å². The van der Waals surface area contributed by atoms with Crippen molar-refractivity contribution in [1.82, 2.24) is 0 Å². The van der Waals surface area contributed by atoms with E-state index in [0.717, 1.165) is 18.4 Å². The van der Waals surface area contributed by atoms with Gasteiger partial charge in [0.15, 0.2) is 6.61 Å². The van der Waals surface area contributed by atoms with Crippen LogP contribution in [0.15, 0.2) is 78.9 Å². The third-order valence-corrected chi connectivity index (χ3v) is 5.36. The van der Waals surface area contributed by atoms with Gasteiger partial charge >= 0.3 is 0 Å². The van der Waals surface area contributed by atoms with Gasteiger partial charge in [0, 0.05) is 18.7 Å². The minimum Gasteiger partial charge on any atom is -0.482 e. The molecule has 0 saturated heterocycles. The van der Waals surface area contributed by atoms with Gasteiger partial charge in [-0.2, -0.15) is 0 Å². The second-order valence-corrected chi connectivity index (χ2v) is 7.64. The minimum absolute atomic E-state index is 0.0428. The molecule has 4 rings (SSSR count). The monoisotopic (exact) mass is 414 g/mol. The second kappa shape index (κ2) is 9.94. The zero-order valence-corrected chi connectivity index (χ0v) is 17.4. The van der Waals surface area contributed by atoms with Gasteiger partial charge in [0.2, 0.25) is 5.91 Å². The molecule has 3 aromatic carbocycles. The Labute approximate surface area is 182 Å². The Kier molecular flexibility index (Phi) is 6.62. The number of nitrogens with zero attached hydrogens (tertiary/aromatic N) is 1. The quantitative estimate of drug-likeness (QED) is 0.585. The lowest BCUT2D eigenvalue weighted by Crippen LogP contribution is -2.39. The summed E-state index contributed by atoms with van der Waals surface area (Å²) >= 11 is 0. The maximum Gasteiger partial charge on any atom is 0.265 e. The Hall–Kier alpha value is -3.60. The smallest absolute Gasteiger partial charge is 0.265 e. The highest BCUT2D eigenvalue weighted by molar-refractivity contribution is 5.99. The minimum atomic E-state index is -0.0619. The normalized spacial score (nSPS) is 12.8. The highest BCUT2D eigenvalue weighted by atomic mass is 16.5. The van der Waals surface area contributed by atoms with Gasteiger partial charge in [-0.15, -0.1) is 0 Å². The lowest BCUT2D eigenvalue weighted by molar-refractivity contribution is -0.121. The first-order valence-electron chi connectivity index (χ1n) is 10.6. The molecule has 0 saturated carbocycles. The molecule has 1 aliphatic heterocycles. The van der Waals surface area contributed by atoms with E-state index in [4.69, 9.17) is 4.74 Å². The van der Waals surface area contributed by atoms with E-state index in [9.17, 15) is 9.59 Å². The summed E-state index contributed by atoms with van der Waals surface area (Å²) in [5.74, 6) is 0.553. The molecule has 1 N–H and O–H groups in total. The average Bonchev–Trinajstić information content (AvgIpc) is 2.80. The molecule has 0 spiro atoms. The molecule has 31 heavy (non-hydrogen) atoms. The standard InChI is InChI=1S/C26H26N2O3/c29-25(16-13-21-10-5-2-6-11-21)27-22-14-15-24-23(18-22)28(26(30)19-31-24)17-7-12-20-8-3-1-4-9-20/h1-6,8-11,14-15,18H,7,12-13,16-17,19H2,(H,27,29). The lowest BCUT2D eigenvalue weighted by Gasteiger charge is -2.30. The predicted molar refractivity (Wildman–Crippen MR) is 122 cm³/mol. The van der Waals surface area contributed by atoms with E-state index in [-0.39, 0.29) is 18.4 Å². The first-order valence-corrected chi connectivity index (χ1v) is 10.6. The van der Waals surface area contributed by atoms with Crippen LogP contribution >= 0.6 is 0 Å². The van der Waals surface area contributed by atoms with E-state index in [1.807, 2.05) is 66.7 Å². The molecule has 0 aliphatic carbocycles. The fourth-order valence-electron chi connectivity index (χ4n) is 3.74. The lowest BCUT2D eigenvalue weighted by atomic mass is 10.1. The van der Waals surface area contributed by atoms with Crippen molar-refractivity contribution < 1.29 is 14.3 Å². The number of carbonyl (C=O) groups excluding carboxylic acids is 2. The Bertz CT molecular complexity index is 1040. The van der Waals surface area contributed by atoms with Gasteiger partial charge in [-0.05, 0) is 48.6 Å². The van der Waals surface area contributed by atoms with Gasteiger partial charge in [0.1, 0.15) is 5.75 Å². The van der Waals surface area contributed by atoms with Crippen LogP contribution in [0.25, 0.3) is 0 Å². The van der Waals surface area contributed by atoms with Crippen LogP contribution in [0, 0.1) is 0 Å². The second-order valence-electron chi connectivity index (χ2n) is 7.64. The summed E-state index contributed by atoms with van der Waals surface area (Å²) in [7, 11) is 0. The van der Waals surface area contributed by atoms with Crippen molar-refractivity contribution in [3.63, 3.8) is 0 Å². The van der Waals surface area contributed by atoms with Crippen LogP contribution in [0.4, 0.5) is 11.4 Å². The molecule has 1 aliphatic rings. The van der Waals surface area contributed by atoms with Crippen molar-refractivity contribution in [3.05, 3.63) is 90.0 Å². The molecule has 5 nitrogen and oxygen atoms in total. The molecule has 5 heteroatoms. The fourth-order valence-corrected chi connectivity index (χ4v) is 3.74. The molecule has 3 aromatic rings. The maximum absolute atomic E-state index is 12.5. The van der Waals surface area contributed by atoms with Crippen LogP contribution in [0.3, 0.4) is 0 Å². The first-order chi connectivity index (χ1) is 15.2. The number of carbonyl (C=O) groups is 2. The van der Waals surface area contributed by atoms with Gasteiger partial charge in [0.05, 0.1) is 5.69 Å². The Morgan fingerprint density at radius 1 is 0.903 bits per heavy atom. The molecule has 0 bridgehead atoms. The number of amides is 2. The summed E-state index contributed by atoms with van der Waals surface area (Å²) in [4.78, 5) is 26.7. The zero-order chi connectivity index (χ0) is 21.5. The van der Waals surface area contributed by atoms with E-state index in [1.165, 1.54) is 5.56 Å². The highest BCUT2D eigenvalue weighted by Gasteiger charge is 2.25. The molecule has 158 valence electrons.